The quantitative estimate of drug-likeness (QED) is 0.784. The molecular formula is C17H24N2O3. The first kappa shape index (κ1) is 16.3. The van der Waals surface area contributed by atoms with Gasteiger partial charge >= 0.3 is 0 Å². The normalized spacial score (nSPS) is 16.7. The highest BCUT2D eigenvalue weighted by molar-refractivity contribution is 5.96. The van der Waals surface area contributed by atoms with Crippen molar-refractivity contribution < 1.29 is 14.3 Å². The topological polar surface area (TPSA) is 49.9 Å². The fraction of sp³-hybridized carbons (Fsp3) is 0.529. The molecule has 2 rings (SSSR count). The first-order chi connectivity index (χ1) is 10.5. The van der Waals surface area contributed by atoms with Gasteiger partial charge in [-0.2, -0.15) is 0 Å². The molecule has 22 heavy (non-hydrogen) atoms. The number of benzene rings is 1. The highest BCUT2D eigenvalue weighted by Crippen LogP contribution is 2.34. The Hall–Kier alpha value is -2.04. The number of nitrogens with zero attached hydrogens (tertiary/aromatic N) is 2. The molecule has 120 valence electrons. The molecule has 0 bridgehead atoms. The van der Waals surface area contributed by atoms with Gasteiger partial charge < -0.3 is 14.5 Å². The van der Waals surface area contributed by atoms with Crippen molar-refractivity contribution in [1.82, 2.24) is 4.90 Å². The van der Waals surface area contributed by atoms with E-state index in [0.717, 1.165) is 11.4 Å². The first-order valence-corrected chi connectivity index (χ1v) is 7.80. The van der Waals surface area contributed by atoms with E-state index in [9.17, 15) is 9.59 Å². The predicted molar refractivity (Wildman–Crippen MR) is 86.7 cm³/mol. The number of anilines is 1. The van der Waals surface area contributed by atoms with Crippen LogP contribution in [-0.4, -0.2) is 48.9 Å². The number of ketones is 1. The van der Waals surface area contributed by atoms with Crippen LogP contribution in [0, 0.1) is 0 Å². The average Bonchev–Trinajstić information content (AvgIpc) is 2.47. The molecule has 0 saturated carbocycles. The van der Waals surface area contributed by atoms with Crippen molar-refractivity contribution in [1.29, 1.82) is 0 Å². The maximum Gasteiger partial charge on any atom is 0.242 e. The summed E-state index contributed by atoms with van der Waals surface area (Å²) in [6.45, 7) is 9.84. The number of hydrogen-bond acceptors (Lipinski definition) is 4. The number of amides is 1. The molecular weight excluding hydrogens is 280 g/mol. The summed E-state index contributed by atoms with van der Waals surface area (Å²) in [6.07, 6.45) is 0.0141. The van der Waals surface area contributed by atoms with Crippen LogP contribution in [0.3, 0.4) is 0 Å². The Morgan fingerprint density at radius 3 is 2.59 bits per heavy atom. The molecule has 1 heterocycles. The van der Waals surface area contributed by atoms with Crippen LogP contribution in [0.2, 0.25) is 0 Å². The second kappa shape index (κ2) is 6.81. The molecule has 0 radical (unpaired) electrons. The van der Waals surface area contributed by atoms with Gasteiger partial charge in [0, 0.05) is 18.7 Å². The zero-order chi connectivity index (χ0) is 16.3. The zero-order valence-corrected chi connectivity index (χ0v) is 13.8. The standard InChI is InChI=1S/C17H24N2O3/c1-5-18(6-2)17(21)11-19-10-12(3)22-16-8-7-14(13(4)20)9-15(16)19/h7-9,12H,5-6,10-11H2,1-4H3. The van der Waals surface area contributed by atoms with Gasteiger partial charge in [-0.05, 0) is 45.9 Å². The summed E-state index contributed by atoms with van der Waals surface area (Å²) in [5.41, 5.74) is 1.46. The van der Waals surface area contributed by atoms with Crippen molar-refractivity contribution in [3.63, 3.8) is 0 Å². The number of fused-ring (bicyclic) bond motifs is 1. The minimum Gasteiger partial charge on any atom is -0.487 e. The van der Waals surface area contributed by atoms with Crippen LogP contribution >= 0.6 is 0 Å². The van der Waals surface area contributed by atoms with Crippen LogP contribution in [0.1, 0.15) is 38.1 Å². The number of hydrogen-bond donors (Lipinski definition) is 0. The lowest BCUT2D eigenvalue weighted by molar-refractivity contribution is -0.129. The van der Waals surface area contributed by atoms with E-state index in [-0.39, 0.29) is 17.8 Å². The van der Waals surface area contributed by atoms with E-state index >= 15 is 0 Å². The molecule has 0 saturated heterocycles. The molecule has 1 aromatic carbocycles. The largest absolute Gasteiger partial charge is 0.487 e. The number of carbonyl (C=O) groups is 2. The summed E-state index contributed by atoms with van der Waals surface area (Å²) in [7, 11) is 0. The second-order valence-electron chi connectivity index (χ2n) is 5.61. The number of carbonyl (C=O) groups excluding carboxylic acids is 2. The van der Waals surface area contributed by atoms with Crippen molar-refractivity contribution in [2.45, 2.75) is 33.8 Å². The van der Waals surface area contributed by atoms with Crippen LogP contribution < -0.4 is 9.64 Å². The lowest BCUT2D eigenvalue weighted by Crippen LogP contribution is -2.45. The molecule has 1 aliphatic heterocycles. The predicted octanol–water partition coefficient (Wildman–Crippen LogP) is 2.34. The Morgan fingerprint density at radius 2 is 2.00 bits per heavy atom. The van der Waals surface area contributed by atoms with Gasteiger partial charge in [0.05, 0.1) is 18.8 Å². The highest BCUT2D eigenvalue weighted by Gasteiger charge is 2.26. The average molecular weight is 304 g/mol. The Morgan fingerprint density at radius 1 is 1.32 bits per heavy atom. The van der Waals surface area contributed by atoms with Crippen molar-refractivity contribution in [2.24, 2.45) is 0 Å². The molecule has 0 aliphatic carbocycles. The number of rotatable bonds is 5. The minimum absolute atomic E-state index is 0.0106. The van der Waals surface area contributed by atoms with Gasteiger partial charge in [-0.15, -0.1) is 0 Å². The zero-order valence-electron chi connectivity index (χ0n) is 13.8. The number of Topliss-reactive ketones (excluding diaryl/α,β-unsaturated/α-hetero) is 1. The van der Waals surface area contributed by atoms with Gasteiger partial charge in [0.15, 0.2) is 5.78 Å². The molecule has 0 fully saturated rings. The monoisotopic (exact) mass is 304 g/mol. The van der Waals surface area contributed by atoms with Crippen molar-refractivity contribution in [3.8, 4) is 5.75 Å². The third-order valence-electron chi connectivity index (χ3n) is 3.95. The van der Waals surface area contributed by atoms with E-state index in [1.54, 1.807) is 13.0 Å². The number of ether oxygens (including phenoxy) is 1. The maximum absolute atomic E-state index is 12.4. The summed E-state index contributed by atoms with van der Waals surface area (Å²) in [5.74, 6) is 0.839. The molecule has 1 aromatic rings. The molecule has 0 N–H and O–H groups in total. The molecule has 0 aromatic heterocycles. The van der Waals surface area contributed by atoms with Crippen molar-refractivity contribution in [3.05, 3.63) is 23.8 Å². The van der Waals surface area contributed by atoms with Gasteiger partial charge in [-0.1, -0.05) is 0 Å². The summed E-state index contributed by atoms with van der Waals surface area (Å²) < 4.78 is 5.81. The Kier molecular flexibility index (Phi) is 5.06. The molecule has 0 spiro atoms. The smallest absolute Gasteiger partial charge is 0.242 e. The van der Waals surface area contributed by atoms with Crippen LogP contribution in [0.5, 0.6) is 5.75 Å². The maximum atomic E-state index is 12.4. The summed E-state index contributed by atoms with van der Waals surface area (Å²) >= 11 is 0. The Labute approximate surface area is 131 Å². The van der Waals surface area contributed by atoms with E-state index in [4.69, 9.17) is 4.74 Å². The van der Waals surface area contributed by atoms with Crippen molar-refractivity contribution >= 4 is 17.4 Å². The first-order valence-electron chi connectivity index (χ1n) is 7.80. The van der Waals surface area contributed by atoms with Crippen LogP contribution in [0.4, 0.5) is 5.69 Å². The van der Waals surface area contributed by atoms with Gasteiger partial charge in [0.2, 0.25) is 5.91 Å². The van der Waals surface area contributed by atoms with Crippen LogP contribution in [0.25, 0.3) is 0 Å². The molecule has 5 heteroatoms. The SMILES string of the molecule is CCN(CC)C(=O)CN1CC(C)Oc2ccc(C(C)=O)cc21. The molecule has 5 nitrogen and oxygen atoms in total. The Balaban J connectivity index is 2.28. The van der Waals surface area contributed by atoms with E-state index in [1.807, 2.05) is 42.7 Å². The number of likely N-dealkylation sites (N-methyl/N-ethyl adjacent to an activating group) is 1. The third kappa shape index (κ3) is 3.40. The molecule has 1 aliphatic rings. The van der Waals surface area contributed by atoms with Gasteiger partial charge in [-0.3, -0.25) is 9.59 Å². The van der Waals surface area contributed by atoms with Crippen LogP contribution in [-0.2, 0) is 4.79 Å². The fourth-order valence-corrected chi connectivity index (χ4v) is 2.74. The highest BCUT2D eigenvalue weighted by atomic mass is 16.5. The second-order valence-corrected chi connectivity index (χ2v) is 5.61. The van der Waals surface area contributed by atoms with Gasteiger partial charge in [0.25, 0.3) is 0 Å². The van der Waals surface area contributed by atoms with E-state index < -0.39 is 0 Å². The van der Waals surface area contributed by atoms with E-state index in [1.165, 1.54) is 0 Å². The molecule has 1 atom stereocenters. The van der Waals surface area contributed by atoms with E-state index in [2.05, 4.69) is 0 Å². The van der Waals surface area contributed by atoms with Crippen LogP contribution in [0.15, 0.2) is 18.2 Å². The van der Waals surface area contributed by atoms with Gasteiger partial charge in [0.1, 0.15) is 11.9 Å². The van der Waals surface area contributed by atoms with Crippen molar-refractivity contribution in [2.75, 3.05) is 31.1 Å². The summed E-state index contributed by atoms with van der Waals surface area (Å²) in [6, 6.07) is 5.40. The fourth-order valence-electron chi connectivity index (χ4n) is 2.74. The van der Waals surface area contributed by atoms with Gasteiger partial charge in [-0.25, -0.2) is 0 Å². The lowest BCUT2D eigenvalue weighted by Gasteiger charge is -2.35. The summed E-state index contributed by atoms with van der Waals surface area (Å²) in [4.78, 5) is 27.8. The molecule has 1 amide bonds. The van der Waals surface area contributed by atoms with E-state index in [0.29, 0.717) is 31.7 Å². The Bertz CT molecular complexity index is 567. The lowest BCUT2D eigenvalue weighted by atomic mass is 10.1. The third-order valence-corrected chi connectivity index (χ3v) is 3.95. The minimum atomic E-state index is 0.0106. The summed E-state index contributed by atoms with van der Waals surface area (Å²) in [5, 5.41) is 0. The molecule has 1 unspecified atom stereocenters.